The van der Waals surface area contributed by atoms with Crippen LogP contribution < -0.4 is 0 Å². The number of hydrogen-bond acceptors (Lipinski definition) is 6. The van der Waals surface area contributed by atoms with Crippen molar-refractivity contribution < 1.29 is 28.6 Å². The molecule has 0 aliphatic carbocycles. The molecule has 0 spiro atoms. The van der Waals surface area contributed by atoms with E-state index in [1.807, 2.05) is 0 Å². The number of hydrogen-bond donors (Lipinski definition) is 0. The summed E-state index contributed by atoms with van der Waals surface area (Å²) < 4.78 is 16.8. The Morgan fingerprint density at radius 3 is 0.968 bits per heavy atom. The molecule has 6 nitrogen and oxygen atoms in total. The second kappa shape index (κ2) is 51.7. The van der Waals surface area contributed by atoms with Crippen LogP contribution in [0.2, 0.25) is 0 Å². The minimum atomic E-state index is -0.783. The SMILES string of the molecule is CC/C=C\C/C=C\C/C=C\C/C=C\C/C=C\CCCCCC(=O)OC[C@@H](COC(=O)CCCCCCCCCCCCCC)OC(=O)CCCCCCCCCCCCCCCC. The Hall–Kier alpha value is -2.89. The molecule has 0 saturated heterocycles. The van der Waals surface area contributed by atoms with Gasteiger partial charge in [0.15, 0.2) is 6.10 Å². The van der Waals surface area contributed by atoms with Gasteiger partial charge in [-0.25, -0.2) is 0 Å². The van der Waals surface area contributed by atoms with Crippen LogP contribution in [0.5, 0.6) is 0 Å². The molecule has 0 aromatic carbocycles. The first-order chi connectivity index (χ1) is 31.0. The number of allylic oxidation sites excluding steroid dienone is 10. The molecule has 0 bridgehead atoms. The summed E-state index contributed by atoms with van der Waals surface area (Å²) in [5, 5.41) is 0. The number of carbonyl (C=O) groups is 3. The molecule has 364 valence electrons. The van der Waals surface area contributed by atoms with Crippen LogP contribution in [-0.4, -0.2) is 37.2 Å². The third-order valence-corrected chi connectivity index (χ3v) is 11.5. The van der Waals surface area contributed by atoms with E-state index in [1.54, 1.807) is 0 Å². The molecule has 6 heteroatoms. The number of unbranched alkanes of at least 4 members (excludes halogenated alkanes) is 27. The zero-order valence-electron chi connectivity index (χ0n) is 41.6. The van der Waals surface area contributed by atoms with Gasteiger partial charge in [0.1, 0.15) is 13.2 Å². The summed E-state index contributed by atoms with van der Waals surface area (Å²) >= 11 is 0. The van der Waals surface area contributed by atoms with E-state index in [-0.39, 0.29) is 31.1 Å². The standard InChI is InChI=1S/C57H100O6/c1-4-7-10-13-16-19-22-25-27-28-29-30-31-33-35-38-41-44-47-50-56(59)62-53-54(52-61-55(58)49-46-43-40-37-34-24-21-18-15-12-9-6-3)63-57(60)51-48-45-42-39-36-32-26-23-20-17-14-11-8-5-2/h7,10,16,19,25,27,29-30,33,35,54H,4-6,8-9,11-15,17-18,20-24,26,28,31-32,34,36-53H2,1-3H3/b10-7-,19-16-,27-25-,30-29-,35-33-/t54-/m1/s1. The van der Waals surface area contributed by atoms with Crippen molar-refractivity contribution in [1.29, 1.82) is 0 Å². The second-order valence-corrected chi connectivity index (χ2v) is 17.8. The van der Waals surface area contributed by atoms with Gasteiger partial charge in [0.2, 0.25) is 0 Å². The molecule has 0 rings (SSSR count). The Labute approximate surface area is 390 Å². The molecule has 0 heterocycles. The number of ether oxygens (including phenoxy) is 3. The summed E-state index contributed by atoms with van der Waals surface area (Å²) in [6, 6.07) is 0. The van der Waals surface area contributed by atoms with E-state index in [2.05, 4.69) is 81.5 Å². The lowest BCUT2D eigenvalue weighted by Gasteiger charge is -2.18. The van der Waals surface area contributed by atoms with E-state index in [4.69, 9.17) is 14.2 Å². The molecule has 0 N–H and O–H groups in total. The highest BCUT2D eigenvalue weighted by molar-refractivity contribution is 5.71. The van der Waals surface area contributed by atoms with Crippen molar-refractivity contribution in [3.05, 3.63) is 60.8 Å². The van der Waals surface area contributed by atoms with Crippen LogP contribution in [0.25, 0.3) is 0 Å². The van der Waals surface area contributed by atoms with Gasteiger partial charge in [0, 0.05) is 19.3 Å². The summed E-state index contributed by atoms with van der Waals surface area (Å²) in [6.07, 6.45) is 63.4. The molecular weight excluding hydrogens is 781 g/mol. The van der Waals surface area contributed by atoms with Gasteiger partial charge >= 0.3 is 17.9 Å². The first-order valence-electron chi connectivity index (χ1n) is 26.8. The van der Waals surface area contributed by atoms with Gasteiger partial charge in [-0.05, 0) is 64.2 Å². The molecule has 0 amide bonds. The van der Waals surface area contributed by atoms with Crippen LogP contribution in [0.3, 0.4) is 0 Å². The Balaban J connectivity index is 4.40. The predicted molar refractivity (Wildman–Crippen MR) is 270 cm³/mol. The monoisotopic (exact) mass is 881 g/mol. The fourth-order valence-electron chi connectivity index (χ4n) is 7.53. The Morgan fingerprint density at radius 1 is 0.333 bits per heavy atom. The Kier molecular flexibility index (Phi) is 49.4. The highest BCUT2D eigenvalue weighted by Crippen LogP contribution is 2.16. The van der Waals surface area contributed by atoms with Gasteiger partial charge in [0.05, 0.1) is 0 Å². The van der Waals surface area contributed by atoms with Crippen LogP contribution in [0.15, 0.2) is 60.8 Å². The number of esters is 3. The molecular formula is C57H100O6. The lowest BCUT2D eigenvalue weighted by molar-refractivity contribution is -0.167. The number of carbonyl (C=O) groups excluding carboxylic acids is 3. The molecule has 0 saturated carbocycles. The van der Waals surface area contributed by atoms with Crippen molar-refractivity contribution in [2.24, 2.45) is 0 Å². The van der Waals surface area contributed by atoms with Crippen molar-refractivity contribution in [2.45, 2.75) is 271 Å². The average molecular weight is 881 g/mol. The van der Waals surface area contributed by atoms with Crippen molar-refractivity contribution in [2.75, 3.05) is 13.2 Å². The fraction of sp³-hybridized carbons (Fsp3) is 0.772. The summed E-state index contributed by atoms with van der Waals surface area (Å²) in [4.78, 5) is 38.0. The van der Waals surface area contributed by atoms with Crippen molar-refractivity contribution in [3.63, 3.8) is 0 Å². The molecule has 63 heavy (non-hydrogen) atoms. The summed E-state index contributed by atoms with van der Waals surface area (Å²) in [7, 11) is 0. The van der Waals surface area contributed by atoms with Gasteiger partial charge in [0.25, 0.3) is 0 Å². The molecule has 0 radical (unpaired) electrons. The first kappa shape index (κ1) is 60.1. The van der Waals surface area contributed by atoms with E-state index < -0.39 is 6.10 Å². The van der Waals surface area contributed by atoms with Crippen molar-refractivity contribution in [1.82, 2.24) is 0 Å². The predicted octanol–water partition coefficient (Wildman–Crippen LogP) is 17.6. The highest BCUT2D eigenvalue weighted by Gasteiger charge is 2.19. The van der Waals surface area contributed by atoms with Gasteiger partial charge in [-0.15, -0.1) is 0 Å². The lowest BCUT2D eigenvalue weighted by atomic mass is 10.0. The van der Waals surface area contributed by atoms with Crippen LogP contribution in [0, 0.1) is 0 Å². The highest BCUT2D eigenvalue weighted by atomic mass is 16.6. The average Bonchev–Trinajstić information content (AvgIpc) is 3.28. The smallest absolute Gasteiger partial charge is 0.306 e. The normalized spacial score (nSPS) is 12.5. The van der Waals surface area contributed by atoms with E-state index in [1.165, 1.54) is 128 Å². The van der Waals surface area contributed by atoms with E-state index in [0.29, 0.717) is 19.3 Å². The van der Waals surface area contributed by atoms with Crippen molar-refractivity contribution >= 4 is 17.9 Å². The van der Waals surface area contributed by atoms with E-state index >= 15 is 0 Å². The minimum Gasteiger partial charge on any atom is -0.462 e. The Bertz CT molecular complexity index is 1150. The maximum absolute atomic E-state index is 12.8. The van der Waals surface area contributed by atoms with E-state index in [9.17, 15) is 14.4 Å². The van der Waals surface area contributed by atoms with Crippen molar-refractivity contribution in [3.8, 4) is 0 Å². The van der Waals surface area contributed by atoms with Gasteiger partial charge in [-0.2, -0.15) is 0 Å². The molecule has 1 atom stereocenters. The molecule has 0 unspecified atom stereocenters. The van der Waals surface area contributed by atoms with Gasteiger partial charge in [-0.3, -0.25) is 14.4 Å². The lowest BCUT2D eigenvalue weighted by Crippen LogP contribution is -2.30. The van der Waals surface area contributed by atoms with Gasteiger partial charge < -0.3 is 14.2 Å². The third-order valence-electron chi connectivity index (χ3n) is 11.5. The maximum atomic E-state index is 12.8. The van der Waals surface area contributed by atoms with Crippen LogP contribution in [-0.2, 0) is 28.6 Å². The molecule has 0 aromatic rings. The minimum absolute atomic E-state index is 0.0813. The van der Waals surface area contributed by atoms with E-state index in [0.717, 1.165) is 96.3 Å². The summed E-state index contributed by atoms with van der Waals surface area (Å²) in [5.74, 6) is -0.906. The fourth-order valence-corrected chi connectivity index (χ4v) is 7.53. The maximum Gasteiger partial charge on any atom is 0.306 e. The van der Waals surface area contributed by atoms with Crippen LogP contribution >= 0.6 is 0 Å². The Morgan fingerprint density at radius 2 is 0.619 bits per heavy atom. The zero-order chi connectivity index (χ0) is 45.8. The molecule has 0 aromatic heterocycles. The molecule has 0 fully saturated rings. The second-order valence-electron chi connectivity index (χ2n) is 17.8. The molecule has 0 aliphatic heterocycles. The first-order valence-corrected chi connectivity index (χ1v) is 26.8. The quantitative estimate of drug-likeness (QED) is 0.0262. The summed E-state index contributed by atoms with van der Waals surface area (Å²) in [6.45, 7) is 6.51. The molecule has 0 aliphatic rings. The summed E-state index contributed by atoms with van der Waals surface area (Å²) in [5.41, 5.74) is 0. The zero-order valence-corrected chi connectivity index (χ0v) is 41.6. The number of rotatable bonds is 48. The van der Waals surface area contributed by atoms with Crippen LogP contribution in [0.1, 0.15) is 265 Å². The largest absolute Gasteiger partial charge is 0.462 e. The van der Waals surface area contributed by atoms with Gasteiger partial charge in [-0.1, -0.05) is 242 Å². The topological polar surface area (TPSA) is 78.9 Å². The third kappa shape index (κ3) is 50.0. The van der Waals surface area contributed by atoms with Crippen LogP contribution in [0.4, 0.5) is 0 Å².